The fraction of sp³-hybridized carbons (Fsp3) is 0.356. The van der Waals surface area contributed by atoms with Crippen LogP contribution in [0.15, 0.2) is 63.7 Å². The number of esters is 1. The van der Waals surface area contributed by atoms with Crippen molar-refractivity contribution in [2.45, 2.75) is 80.7 Å². The number of aromatic nitrogens is 2. The summed E-state index contributed by atoms with van der Waals surface area (Å²) in [5, 5.41) is 15.1. The molecule has 6 rings (SSSR count). The first-order valence-corrected chi connectivity index (χ1v) is 26.5. The first-order valence-electron chi connectivity index (χ1n) is 22.0. The number of hydrogen-bond donors (Lipinski definition) is 5. The summed E-state index contributed by atoms with van der Waals surface area (Å²) in [6, 6.07) is 9.49. The summed E-state index contributed by atoms with van der Waals surface area (Å²) in [5.74, 6) is -2.12. The number of benzene rings is 2. The Hall–Kier alpha value is -6.75. The predicted molar refractivity (Wildman–Crippen MR) is 275 cm³/mol. The van der Waals surface area contributed by atoms with Crippen molar-refractivity contribution in [3.8, 4) is 40.8 Å². The minimum absolute atomic E-state index is 0.00774. The molecule has 2 aromatic heterocycles. The number of nitrogen functional groups attached to an aromatic ring is 1. The van der Waals surface area contributed by atoms with Gasteiger partial charge in [0.1, 0.15) is 22.3 Å². The fourth-order valence-electron chi connectivity index (χ4n) is 5.97. The Labute approximate surface area is 451 Å². The van der Waals surface area contributed by atoms with Crippen molar-refractivity contribution >= 4 is 107 Å². The lowest BCUT2D eigenvalue weighted by Gasteiger charge is -2.26. The standard InChI is InChI=1S/C23H23Cl2N5O7S.C16H17Cl2N3O4S.C6H8N2O3/c1-3-36-22(32)9-18(31)17(11-26)29-28-14-7-15(24)23(16(25)8-14)37-21-10-20(19(35-2)12-27-21)38(33,34)30-13-5-4-6-13;1-24-13-8-20-15(25-16-11(17)5-9(19)6-12(16)18)7-14(13)26(22,23)21-10-3-2-4-10;1-3-11-6(10)8-5(9)4-7-2/h7-8,10,12-13,28,30H,3-6,9H2,1-2H3;5-8,10,21H,2-4,19H2,1H3;3-4H2,1H3,(H,8,9,10)/b29-17-;;. The molecule has 30 heteroatoms. The number of nitriles is 1. The van der Waals surface area contributed by atoms with E-state index in [1.807, 2.05) is 5.32 Å². The number of halogens is 4. The van der Waals surface area contributed by atoms with Crippen LogP contribution in [0.25, 0.3) is 4.85 Å². The number of Topliss-reactive ketones (excluding diaryl/α,β-unsaturated/α-hetero) is 1. The van der Waals surface area contributed by atoms with Crippen molar-refractivity contribution in [2.24, 2.45) is 5.10 Å². The SMILES string of the molecule is CCOC(=O)CC(=O)/C(C#N)=N\Nc1cc(Cl)c(Oc2cc(S(=O)(=O)NC3CCC3)c(OC)cn2)c(Cl)c1.COc1cnc(Oc2c(Cl)cc(N)cc2Cl)cc1S(=O)(=O)NC1CCC1.[C-]#[N+]CC(=O)NC(=O)OCC. The summed E-state index contributed by atoms with van der Waals surface area (Å²) in [6.07, 6.45) is 6.10. The van der Waals surface area contributed by atoms with Crippen LogP contribution in [0.3, 0.4) is 0 Å². The van der Waals surface area contributed by atoms with Crippen molar-refractivity contribution in [1.82, 2.24) is 24.7 Å². The first kappa shape index (κ1) is 60.8. The first-order chi connectivity index (χ1) is 35.6. The largest absolute Gasteiger partial charge is 0.494 e. The monoisotopic (exact) mass is 1160 g/mol. The number of sulfonamides is 2. The number of hydrazone groups is 1. The molecular formula is C45H48Cl4N10O14S2. The van der Waals surface area contributed by atoms with E-state index in [9.17, 15) is 41.3 Å². The van der Waals surface area contributed by atoms with E-state index in [1.54, 1.807) is 19.9 Å². The fourth-order valence-corrected chi connectivity index (χ4v) is 10.0. The summed E-state index contributed by atoms with van der Waals surface area (Å²) in [5.41, 5.74) is 8.15. The molecule has 2 aliphatic rings. The number of methoxy groups -OCH3 is 2. The zero-order valence-electron chi connectivity index (χ0n) is 40.2. The molecule has 2 saturated carbocycles. The van der Waals surface area contributed by atoms with E-state index in [2.05, 4.69) is 44.3 Å². The topological polar surface area (TPSA) is 332 Å². The highest BCUT2D eigenvalue weighted by Gasteiger charge is 2.30. The van der Waals surface area contributed by atoms with Gasteiger partial charge in [0.2, 0.25) is 43.3 Å². The minimum atomic E-state index is -3.91. The Morgan fingerprint density at radius 1 is 0.773 bits per heavy atom. The smallest absolute Gasteiger partial charge is 0.414 e. The van der Waals surface area contributed by atoms with Gasteiger partial charge in [-0.1, -0.05) is 59.2 Å². The third kappa shape index (κ3) is 18.3. The molecule has 402 valence electrons. The molecule has 0 atom stereocenters. The third-order valence-corrected chi connectivity index (χ3v) is 14.1. The second-order valence-corrected chi connectivity index (χ2v) is 20.3. The van der Waals surface area contributed by atoms with Gasteiger partial charge < -0.3 is 39.0 Å². The molecule has 2 amide bonds. The van der Waals surface area contributed by atoms with E-state index in [0.29, 0.717) is 5.69 Å². The lowest BCUT2D eigenvalue weighted by atomic mass is 9.94. The molecule has 2 aliphatic carbocycles. The molecule has 2 heterocycles. The molecule has 0 saturated heterocycles. The van der Waals surface area contributed by atoms with E-state index >= 15 is 0 Å². The Morgan fingerprint density at radius 2 is 1.23 bits per heavy atom. The highest BCUT2D eigenvalue weighted by molar-refractivity contribution is 7.90. The van der Waals surface area contributed by atoms with Crippen molar-refractivity contribution in [3.63, 3.8) is 0 Å². The van der Waals surface area contributed by atoms with Gasteiger partial charge in [0.05, 0.1) is 65.6 Å². The molecular weight excluding hydrogens is 1110 g/mol. The number of carbonyl (C=O) groups is 4. The van der Waals surface area contributed by atoms with Gasteiger partial charge in [-0.05, 0) is 63.8 Å². The maximum atomic E-state index is 12.9. The predicted octanol–water partition coefficient (Wildman–Crippen LogP) is 7.61. The number of imide groups is 1. The summed E-state index contributed by atoms with van der Waals surface area (Å²) in [7, 11) is -5.00. The summed E-state index contributed by atoms with van der Waals surface area (Å²) in [4.78, 5) is 55.2. The van der Waals surface area contributed by atoms with Crippen LogP contribution in [0.2, 0.25) is 20.1 Å². The van der Waals surface area contributed by atoms with Gasteiger partial charge in [-0.25, -0.2) is 47.6 Å². The van der Waals surface area contributed by atoms with Crippen LogP contribution in [0.5, 0.6) is 34.8 Å². The molecule has 2 fully saturated rings. The number of ketones is 1. The molecule has 4 aromatic rings. The second kappa shape index (κ2) is 28.8. The minimum Gasteiger partial charge on any atom is -0.494 e. The Balaban J connectivity index is 0.000000282. The van der Waals surface area contributed by atoms with Gasteiger partial charge in [0.25, 0.3) is 6.54 Å². The number of rotatable bonds is 20. The quantitative estimate of drug-likeness (QED) is 0.0142. The number of amides is 2. The molecule has 24 nitrogen and oxygen atoms in total. The van der Waals surface area contributed by atoms with Crippen LogP contribution >= 0.6 is 46.4 Å². The van der Waals surface area contributed by atoms with Gasteiger partial charge in [-0.2, -0.15) is 10.4 Å². The van der Waals surface area contributed by atoms with Gasteiger partial charge in [0, 0.05) is 29.9 Å². The Bertz CT molecular complexity index is 3050. The van der Waals surface area contributed by atoms with Gasteiger partial charge >= 0.3 is 18.0 Å². The molecule has 0 aliphatic heterocycles. The van der Waals surface area contributed by atoms with E-state index in [-0.39, 0.29) is 102 Å². The molecule has 0 unspecified atom stereocenters. The Morgan fingerprint density at radius 3 is 1.61 bits per heavy atom. The highest BCUT2D eigenvalue weighted by atomic mass is 35.5. The number of nitrogens with one attached hydrogen (secondary N) is 4. The zero-order valence-corrected chi connectivity index (χ0v) is 44.9. The average molecular weight is 1160 g/mol. The van der Waals surface area contributed by atoms with E-state index in [0.717, 1.165) is 38.5 Å². The average Bonchev–Trinajstić information content (AvgIpc) is 3.32. The molecule has 75 heavy (non-hydrogen) atoms. The number of nitrogens with two attached hydrogens (primary N) is 1. The van der Waals surface area contributed by atoms with Crippen molar-refractivity contribution in [2.75, 3.05) is 45.1 Å². The molecule has 0 radical (unpaired) electrons. The van der Waals surface area contributed by atoms with Gasteiger partial charge in [-0.3, -0.25) is 25.1 Å². The summed E-state index contributed by atoms with van der Waals surface area (Å²) < 4.78 is 86.9. The summed E-state index contributed by atoms with van der Waals surface area (Å²) in [6.45, 7) is 9.45. The lowest BCUT2D eigenvalue weighted by Crippen LogP contribution is -2.39. The second-order valence-electron chi connectivity index (χ2n) is 15.3. The maximum absolute atomic E-state index is 12.9. The molecule has 6 N–H and O–H groups in total. The van der Waals surface area contributed by atoms with Crippen LogP contribution in [-0.4, -0.2) is 102 Å². The highest BCUT2D eigenvalue weighted by Crippen LogP contribution is 2.41. The summed E-state index contributed by atoms with van der Waals surface area (Å²) >= 11 is 24.8. The van der Waals surface area contributed by atoms with Crippen LogP contribution in [0.4, 0.5) is 16.2 Å². The number of carbonyl (C=O) groups excluding carboxylic acids is 4. The zero-order chi connectivity index (χ0) is 55.5. The number of nitrogens with zero attached hydrogens (tertiary/aromatic N) is 5. The van der Waals surface area contributed by atoms with Crippen molar-refractivity contribution in [3.05, 3.63) is 80.3 Å². The molecule has 2 aromatic carbocycles. The number of ether oxygens (including phenoxy) is 6. The number of pyridine rings is 2. The Kier molecular flexibility index (Phi) is 23.3. The van der Waals surface area contributed by atoms with E-state index in [1.165, 1.54) is 63.0 Å². The normalized spacial score (nSPS) is 13.2. The molecule has 0 bridgehead atoms. The van der Waals surface area contributed by atoms with Gasteiger partial charge in [0.15, 0.2) is 23.0 Å². The number of alkyl carbamates (subject to hydrolysis) is 1. The maximum Gasteiger partial charge on any atom is 0.414 e. The van der Waals surface area contributed by atoms with Crippen molar-refractivity contribution < 1.29 is 64.4 Å². The van der Waals surface area contributed by atoms with E-state index in [4.69, 9.17) is 77.7 Å². The van der Waals surface area contributed by atoms with Crippen LogP contribution < -0.4 is 44.9 Å². The van der Waals surface area contributed by atoms with Crippen LogP contribution in [-0.2, 0) is 43.9 Å². The third-order valence-electron chi connectivity index (χ3n) is 9.93. The lowest BCUT2D eigenvalue weighted by molar-refractivity contribution is -0.144. The van der Waals surface area contributed by atoms with Crippen LogP contribution in [0.1, 0.15) is 58.8 Å². The number of anilines is 2. The van der Waals surface area contributed by atoms with Crippen molar-refractivity contribution in [1.29, 1.82) is 5.26 Å². The molecule has 0 spiro atoms. The van der Waals surface area contributed by atoms with Crippen LogP contribution in [0, 0.1) is 17.9 Å². The van der Waals surface area contributed by atoms with E-state index < -0.39 is 55.9 Å². The number of hydrogen-bond acceptors (Lipinski definition) is 20. The van der Waals surface area contributed by atoms with Gasteiger partial charge in [-0.15, -0.1) is 0 Å².